The Morgan fingerprint density at radius 3 is 2.43 bits per heavy atom. The standard InChI is InChI=1S/C24H16ClF3N2O5/c1-34-18-6-5-14(11-17(18)25)21(31)19-20(13-7-9-29-10-8-13)30(23(33)22(19)32)15-3-2-4-16(12-15)35-24(26,27)28/h2-12,20,31H,1H3/b21-19+. The number of aromatic nitrogens is 1. The Kier molecular flexibility index (Phi) is 6.40. The van der Waals surface area contributed by atoms with Crippen LogP contribution in [-0.2, 0) is 9.59 Å². The third-order valence-electron chi connectivity index (χ3n) is 5.22. The molecule has 11 heteroatoms. The van der Waals surface area contributed by atoms with Crippen molar-refractivity contribution >= 4 is 34.7 Å². The third-order valence-corrected chi connectivity index (χ3v) is 5.52. The minimum absolute atomic E-state index is 0.0394. The van der Waals surface area contributed by atoms with Crippen LogP contribution in [0.15, 0.2) is 72.6 Å². The molecule has 0 saturated carbocycles. The number of hydrogen-bond acceptors (Lipinski definition) is 6. The number of ketones is 1. The van der Waals surface area contributed by atoms with Crippen molar-refractivity contribution < 1.29 is 37.3 Å². The number of methoxy groups -OCH3 is 1. The van der Waals surface area contributed by atoms with Gasteiger partial charge in [-0.3, -0.25) is 19.5 Å². The fraction of sp³-hybridized carbons (Fsp3) is 0.125. The molecule has 1 amide bonds. The summed E-state index contributed by atoms with van der Waals surface area (Å²) in [7, 11) is 1.41. The summed E-state index contributed by atoms with van der Waals surface area (Å²) in [4.78, 5) is 31.1. The number of ether oxygens (including phenoxy) is 2. The first-order chi connectivity index (χ1) is 16.6. The van der Waals surface area contributed by atoms with E-state index in [4.69, 9.17) is 16.3 Å². The van der Waals surface area contributed by atoms with Gasteiger partial charge in [0.1, 0.15) is 17.3 Å². The molecule has 1 unspecified atom stereocenters. The molecule has 3 aromatic rings. The molecule has 1 aliphatic rings. The summed E-state index contributed by atoms with van der Waals surface area (Å²) in [5.74, 6) is -2.83. The molecule has 0 spiro atoms. The monoisotopic (exact) mass is 504 g/mol. The molecule has 1 aliphatic heterocycles. The van der Waals surface area contributed by atoms with E-state index in [1.807, 2.05) is 0 Å². The Balaban J connectivity index is 1.89. The summed E-state index contributed by atoms with van der Waals surface area (Å²) in [5, 5.41) is 11.2. The van der Waals surface area contributed by atoms with E-state index in [2.05, 4.69) is 9.72 Å². The molecule has 7 nitrogen and oxygen atoms in total. The second kappa shape index (κ2) is 9.30. The number of carbonyl (C=O) groups is 2. The Morgan fingerprint density at radius 1 is 1.09 bits per heavy atom. The molecule has 1 N–H and O–H groups in total. The van der Waals surface area contributed by atoms with Crippen molar-refractivity contribution in [3.63, 3.8) is 0 Å². The molecular weight excluding hydrogens is 489 g/mol. The topological polar surface area (TPSA) is 89.0 Å². The predicted octanol–water partition coefficient (Wildman–Crippen LogP) is 5.27. The van der Waals surface area contributed by atoms with E-state index < -0.39 is 35.6 Å². The van der Waals surface area contributed by atoms with Crippen LogP contribution in [-0.4, -0.2) is 35.3 Å². The highest BCUT2D eigenvalue weighted by Gasteiger charge is 2.47. The van der Waals surface area contributed by atoms with Crippen molar-refractivity contribution in [2.24, 2.45) is 0 Å². The second-order valence-electron chi connectivity index (χ2n) is 7.34. The van der Waals surface area contributed by atoms with Crippen molar-refractivity contribution in [3.05, 3.63) is 88.7 Å². The lowest BCUT2D eigenvalue weighted by Crippen LogP contribution is -2.29. The quantitative estimate of drug-likeness (QED) is 0.289. The first-order valence-corrected chi connectivity index (χ1v) is 10.4. The lowest BCUT2D eigenvalue weighted by Gasteiger charge is -2.25. The molecular formula is C24H16ClF3N2O5. The number of aliphatic hydroxyl groups is 1. The van der Waals surface area contributed by atoms with Crippen LogP contribution < -0.4 is 14.4 Å². The maximum absolute atomic E-state index is 13.1. The number of pyridine rings is 1. The van der Waals surface area contributed by atoms with Crippen molar-refractivity contribution in [1.82, 2.24) is 4.98 Å². The van der Waals surface area contributed by atoms with Crippen molar-refractivity contribution in [1.29, 1.82) is 0 Å². The molecule has 4 rings (SSSR count). The summed E-state index contributed by atoms with van der Waals surface area (Å²) in [5.41, 5.74) is 0.219. The first-order valence-electron chi connectivity index (χ1n) is 10.0. The van der Waals surface area contributed by atoms with Gasteiger partial charge in [0.25, 0.3) is 11.7 Å². The SMILES string of the molecule is COc1ccc(/C(O)=C2\C(=O)C(=O)N(c3cccc(OC(F)(F)F)c3)C2c2ccncc2)cc1Cl. The van der Waals surface area contributed by atoms with Gasteiger partial charge >= 0.3 is 6.36 Å². The molecule has 0 bridgehead atoms. The summed E-state index contributed by atoms with van der Waals surface area (Å²) in [6, 6.07) is 10.8. The third kappa shape index (κ3) is 4.78. The largest absolute Gasteiger partial charge is 0.573 e. The number of carbonyl (C=O) groups excluding carboxylic acids is 2. The molecule has 35 heavy (non-hydrogen) atoms. The van der Waals surface area contributed by atoms with Gasteiger partial charge in [0.15, 0.2) is 0 Å². The van der Waals surface area contributed by atoms with Gasteiger partial charge in [-0.25, -0.2) is 0 Å². The number of amides is 1. The van der Waals surface area contributed by atoms with E-state index in [0.717, 1.165) is 17.0 Å². The summed E-state index contributed by atoms with van der Waals surface area (Å²) >= 11 is 6.16. The van der Waals surface area contributed by atoms with Gasteiger partial charge in [-0.05, 0) is 48.0 Å². The Morgan fingerprint density at radius 2 is 1.80 bits per heavy atom. The lowest BCUT2D eigenvalue weighted by atomic mass is 9.95. The van der Waals surface area contributed by atoms with Gasteiger partial charge in [-0.1, -0.05) is 17.7 Å². The zero-order valence-corrected chi connectivity index (χ0v) is 18.7. The van der Waals surface area contributed by atoms with E-state index in [-0.39, 0.29) is 21.8 Å². The van der Waals surface area contributed by atoms with Crippen LogP contribution in [0.25, 0.3) is 5.76 Å². The maximum atomic E-state index is 13.1. The Bertz CT molecular complexity index is 1330. The van der Waals surface area contributed by atoms with Gasteiger partial charge in [-0.15, -0.1) is 13.2 Å². The highest BCUT2D eigenvalue weighted by molar-refractivity contribution is 6.51. The fourth-order valence-electron chi connectivity index (χ4n) is 3.76. The van der Waals surface area contributed by atoms with Crippen LogP contribution in [0.4, 0.5) is 18.9 Å². The number of nitrogens with zero attached hydrogens (tertiary/aromatic N) is 2. The molecule has 1 aromatic heterocycles. The normalized spacial score (nSPS) is 17.5. The van der Waals surface area contributed by atoms with E-state index in [9.17, 15) is 27.9 Å². The number of rotatable bonds is 5. The lowest BCUT2D eigenvalue weighted by molar-refractivity contribution is -0.274. The number of halogens is 4. The van der Waals surface area contributed by atoms with Gasteiger partial charge < -0.3 is 14.6 Å². The Labute approximate surface area is 202 Å². The van der Waals surface area contributed by atoms with Crippen molar-refractivity contribution in [2.45, 2.75) is 12.4 Å². The number of hydrogen-bond donors (Lipinski definition) is 1. The van der Waals surface area contributed by atoms with Crippen LogP contribution in [0.1, 0.15) is 17.2 Å². The van der Waals surface area contributed by atoms with E-state index in [1.165, 1.54) is 62.0 Å². The van der Waals surface area contributed by atoms with Crippen molar-refractivity contribution in [2.75, 3.05) is 12.0 Å². The van der Waals surface area contributed by atoms with Crippen LogP contribution in [0.3, 0.4) is 0 Å². The molecule has 180 valence electrons. The minimum Gasteiger partial charge on any atom is -0.507 e. The number of benzene rings is 2. The number of Topliss-reactive ketones (excluding diaryl/α,β-unsaturated/α-hetero) is 1. The molecule has 0 aliphatic carbocycles. The maximum Gasteiger partial charge on any atom is 0.573 e. The van der Waals surface area contributed by atoms with E-state index in [1.54, 1.807) is 0 Å². The van der Waals surface area contributed by atoms with Gasteiger partial charge in [0, 0.05) is 29.7 Å². The fourth-order valence-corrected chi connectivity index (χ4v) is 4.02. The van der Waals surface area contributed by atoms with Crippen LogP contribution >= 0.6 is 11.6 Å². The number of aliphatic hydroxyl groups excluding tert-OH is 1. The Hall–Kier alpha value is -4.05. The van der Waals surface area contributed by atoms with E-state index in [0.29, 0.717) is 11.3 Å². The van der Waals surface area contributed by atoms with Crippen LogP contribution in [0.2, 0.25) is 5.02 Å². The zero-order valence-electron chi connectivity index (χ0n) is 17.9. The van der Waals surface area contributed by atoms with Gasteiger partial charge in [0.05, 0.1) is 23.7 Å². The molecule has 1 fully saturated rings. The molecule has 0 radical (unpaired) electrons. The summed E-state index contributed by atoms with van der Waals surface area (Å²) in [6.45, 7) is 0. The summed E-state index contributed by atoms with van der Waals surface area (Å²) in [6.07, 6.45) is -2.11. The predicted molar refractivity (Wildman–Crippen MR) is 120 cm³/mol. The molecule has 1 atom stereocenters. The van der Waals surface area contributed by atoms with Gasteiger partial charge in [0.2, 0.25) is 0 Å². The zero-order chi connectivity index (χ0) is 25.3. The first kappa shape index (κ1) is 24.1. The minimum atomic E-state index is -4.95. The number of alkyl halides is 3. The average molecular weight is 505 g/mol. The summed E-state index contributed by atoms with van der Waals surface area (Å²) < 4.78 is 47.3. The molecule has 2 aromatic carbocycles. The highest BCUT2D eigenvalue weighted by Crippen LogP contribution is 2.43. The molecule has 1 saturated heterocycles. The number of anilines is 1. The van der Waals surface area contributed by atoms with Crippen molar-refractivity contribution in [3.8, 4) is 11.5 Å². The second-order valence-corrected chi connectivity index (χ2v) is 7.75. The molecule has 2 heterocycles. The van der Waals surface area contributed by atoms with E-state index >= 15 is 0 Å². The van der Waals surface area contributed by atoms with Crippen LogP contribution in [0.5, 0.6) is 11.5 Å². The highest BCUT2D eigenvalue weighted by atomic mass is 35.5. The van der Waals surface area contributed by atoms with Crippen LogP contribution in [0, 0.1) is 0 Å². The van der Waals surface area contributed by atoms with Gasteiger partial charge in [-0.2, -0.15) is 0 Å². The average Bonchev–Trinajstić information content (AvgIpc) is 3.08. The smallest absolute Gasteiger partial charge is 0.507 e.